The largest absolute Gasteiger partial charge is 0.339 e. The van der Waals surface area contributed by atoms with Gasteiger partial charge >= 0.3 is 0 Å². The van der Waals surface area contributed by atoms with E-state index in [1.165, 1.54) is 5.56 Å². The Labute approximate surface area is 122 Å². The summed E-state index contributed by atoms with van der Waals surface area (Å²) in [4.78, 5) is 4.42. The highest BCUT2D eigenvalue weighted by Gasteiger charge is 2.09. The third-order valence-electron chi connectivity index (χ3n) is 3.05. The second-order valence-electron chi connectivity index (χ2n) is 4.68. The second-order valence-corrected chi connectivity index (χ2v) is 5.12. The Morgan fingerprint density at radius 3 is 2.40 bits per heavy atom. The monoisotopic (exact) mass is 284 g/mol. The van der Waals surface area contributed by atoms with Crippen molar-refractivity contribution in [3.05, 3.63) is 70.6 Å². The van der Waals surface area contributed by atoms with Gasteiger partial charge in [0.25, 0.3) is 0 Å². The Bertz CT molecular complexity index is 702. The quantitative estimate of drug-likeness (QED) is 0.720. The van der Waals surface area contributed by atoms with Gasteiger partial charge in [-0.3, -0.25) is 0 Å². The molecular formula is C16H13ClN2O. The van der Waals surface area contributed by atoms with Crippen LogP contribution in [0.15, 0.2) is 53.1 Å². The first-order valence-electron chi connectivity index (χ1n) is 6.35. The zero-order valence-electron chi connectivity index (χ0n) is 11.0. The Kier molecular flexibility index (Phi) is 3.52. The SMILES string of the molecule is Cc1ccc(-c2noc(Cc3ccc(Cl)cc3)n2)cc1. The molecule has 3 rings (SSSR count). The summed E-state index contributed by atoms with van der Waals surface area (Å²) in [6.45, 7) is 2.05. The van der Waals surface area contributed by atoms with E-state index >= 15 is 0 Å². The summed E-state index contributed by atoms with van der Waals surface area (Å²) in [6.07, 6.45) is 0.607. The first-order valence-corrected chi connectivity index (χ1v) is 6.72. The van der Waals surface area contributed by atoms with Gasteiger partial charge in [0, 0.05) is 10.6 Å². The molecule has 0 N–H and O–H groups in total. The average molecular weight is 285 g/mol. The summed E-state index contributed by atoms with van der Waals surface area (Å²) in [7, 11) is 0. The maximum absolute atomic E-state index is 5.86. The van der Waals surface area contributed by atoms with Crippen LogP contribution < -0.4 is 0 Å². The molecule has 0 atom stereocenters. The van der Waals surface area contributed by atoms with Crippen LogP contribution in [-0.2, 0) is 6.42 Å². The van der Waals surface area contributed by atoms with Crippen LogP contribution in [-0.4, -0.2) is 10.1 Å². The fourth-order valence-corrected chi connectivity index (χ4v) is 2.05. The first kappa shape index (κ1) is 12.9. The number of nitrogens with zero attached hydrogens (tertiary/aromatic N) is 2. The highest BCUT2D eigenvalue weighted by Crippen LogP contribution is 2.18. The van der Waals surface area contributed by atoms with Crippen LogP contribution in [0.3, 0.4) is 0 Å². The van der Waals surface area contributed by atoms with Gasteiger partial charge in [-0.25, -0.2) is 0 Å². The molecule has 0 spiro atoms. The standard InChI is InChI=1S/C16H13ClN2O/c1-11-2-6-13(7-3-11)16-18-15(20-19-16)10-12-4-8-14(17)9-5-12/h2-9H,10H2,1H3. The van der Waals surface area contributed by atoms with Crippen molar-refractivity contribution in [3.8, 4) is 11.4 Å². The third kappa shape index (κ3) is 2.89. The van der Waals surface area contributed by atoms with E-state index < -0.39 is 0 Å². The number of hydrogen-bond acceptors (Lipinski definition) is 3. The van der Waals surface area contributed by atoms with Gasteiger partial charge in [-0.2, -0.15) is 4.98 Å². The van der Waals surface area contributed by atoms with Crippen molar-refractivity contribution < 1.29 is 4.52 Å². The minimum absolute atomic E-state index is 0.600. The summed E-state index contributed by atoms with van der Waals surface area (Å²) in [5, 5.41) is 4.74. The molecule has 0 bridgehead atoms. The lowest BCUT2D eigenvalue weighted by Gasteiger charge is -1.96. The Balaban J connectivity index is 1.80. The predicted octanol–water partition coefficient (Wildman–Crippen LogP) is 4.29. The fraction of sp³-hybridized carbons (Fsp3) is 0.125. The minimum Gasteiger partial charge on any atom is -0.339 e. The van der Waals surface area contributed by atoms with Gasteiger partial charge in [0.05, 0.1) is 6.42 Å². The molecule has 2 aromatic carbocycles. The van der Waals surface area contributed by atoms with Crippen LogP contribution in [0.2, 0.25) is 5.02 Å². The lowest BCUT2D eigenvalue weighted by molar-refractivity contribution is 0.385. The van der Waals surface area contributed by atoms with Crippen molar-refractivity contribution in [3.63, 3.8) is 0 Å². The minimum atomic E-state index is 0.600. The summed E-state index contributed by atoms with van der Waals surface area (Å²) in [5.74, 6) is 1.22. The Morgan fingerprint density at radius 2 is 1.70 bits per heavy atom. The Hall–Kier alpha value is -2.13. The Morgan fingerprint density at radius 1 is 1.00 bits per heavy atom. The van der Waals surface area contributed by atoms with Crippen molar-refractivity contribution in [2.75, 3.05) is 0 Å². The second kappa shape index (κ2) is 5.47. The first-order chi connectivity index (χ1) is 9.70. The van der Waals surface area contributed by atoms with Gasteiger partial charge < -0.3 is 4.52 Å². The molecular weight excluding hydrogens is 272 g/mol. The normalized spacial score (nSPS) is 10.7. The van der Waals surface area contributed by atoms with Gasteiger partial charge in [-0.05, 0) is 24.6 Å². The van der Waals surface area contributed by atoms with Crippen LogP contribution in [0.4, 0.5) is 0 Å². The molecule has 0 unspecified atom stereocenters. The van der Waals surface area contributed by atoms with Gasteiger partial charge in [0.1, 0.15) is 0 Å². The van der Waals surface area contributed by atoms with E-state index in [4.69, 9.17) is 16.1 Å². The van der Waals surface area contributed by atoms with E-state index in [-0.39, 0.29) is 0 Å². The summed E-state index contributed by atoms with van der Waals surface area (Å²) in [5.41, 5.74) is 3.26. The molecule has 0 radical (unpaired) electrons. The average Bonchev–Trinajstić information content (AvgIpc) is 2.91. The van der Waals surface area contributed by atoms with E-state index in [0.29, 0.717) is 18.1 Å². The number of benzene rings is 2. The van der Waals surface area contributed by atoms with E-state index in [0.717, 1.165) is 16.1 Å². The molecule has 3 nitrogen and oxygen atoms in total. The van der Waals surface area contributed by atoms with Crippen molar-refractivity contribution in [1.82, 2.24) is 10.1 Å². The topological polar surface area (TPSA) is 38.9 Å². The van der Waals surface area contributed by atoms with Gasteiger partial charge in [0.15, 0.2) is 0 Å². The number of aryl methyl sites for hydroxylation is 1. The maximum Gasteiger partial charge on any atom is 0.231 e. The smallest absolute Gasteiger partial charge is 0.231 e. The molecule has 0 aliphatic rings. The highest BCUT2D eigenvalue weighted by atomic mass is 35.5. The van der Waals surface area contributed by atoms with Crippen molar-refractivity contribution in [2.45, 2.75) is 13.3 Å². The van der Waals surface area contributed by atoms with Gasteiger partial charge in [-0.15, -0.1) is 0 Å². The van der Waals surface area contributed by atoms with E-state index in [1.54, 1.807) is 0 Å². The fourth-order valence-electron chi connectivity index (χ4n) is 1.92. The number of halogens is 1. The molecule has 0 aliphatic heterocycles. The molecule has 0 amide bonds. The number of rotatable bonds is 3. The molecule has 1 aromatic heterocycles. The molecule has 0 saturated carbocycles. The molecule has 4 heteroatoms. The predicted molar refractivity (Wildman–Crippen MR) is 78.7 cm³/mol. The zero-order valence-corrected chi connectivity index (χ0v) is 11.8. The van der Waals surface area contributed by atoms with Gasteiger partial charge in [0.2, 0.25) is 11.7 Å². The summed E-state index contributed by atoms with van der Waals surface area (Å²) in [6, 6.07) is 15.7. The molecule has 0 saturated heterocycles. The number of aromatic nitrogens is 2. The van der Waals surface area contributed by atoms with Crippen LogP contribution in [0.25, 0.3) is 11.4 Å². The van der Waals surface area contributed by atoms with Gasteiger partial charge in [-0.1, -0.05) is 58.7 Å². The molecule has 20 heavy (non-hydrogen) atoms. The zero-order chi connectivity index (χ0) is 13.9. The van der Waals surface area contributed by atoms with Crippen LogP contribution in [0.1, 0.15) is 17.0 Å². The molecule has 0 aliphatic carbocycles. The van der Waals surface area contributed by atoms with Crippen molar-refractivity contribution in [2.24, 2.45) is 0 Å². The van der Waals surface area contributed by atoms with E-state index in [1.807, 2.05) is 55.5 Å². The molecule has 0 fully saturated rings. The lowest BCUT2D eigenvalue weighted by atomic mass is 10.1. The molecule has 100 valence electrons. The maximum atomic E-state index is 5.86. The van der Waals surface area contributed by atoms with E-state index in [9.17, 15) is 0 Å². The highest BCUT2D eigenvalue weighted by molar-refractivity contribution is 6.30. The third-order valence-corrected chi connectivity index (χ3v) is 3.30. The molecule has 1 heterocycles. The summed E-state index contributed by atoms with van der Waals surface area (Å²) >= 11 is 5.86. The van der Waals surface area contributed by atoms with Crippen molar-refractivity contribution in [1.29, 1.82) is 0 Å². The van der Waals surface area contributed by atoms with Crippen LogP contribution in [0.5, 0.6) is 0 Å². The molecule has 3 aromatic rings. The van der Waals surface area contributed by atoms with Crippen molar-refractivity contribution >= 4 is 11.6 Å². The van der Waals surface area contributed by atoms with E-state index in [2.05, 4.69) is 10.1 Å². The van der Waals surface area contributed by atoms with Crippen LogP contribution >= 0.6 is 11.6 Å². The van der Waals surface area contributed by atoms with Crippen LogP contribution in [0, 0.1) is 6.92 Å². The lowest BCUT2D eigenvalue weighted by Crippen LogP contribution is -1.88. The summed E-state index contributed by atoms with van der Waals surface area (Å²) < 4.78 is 5.29. The number of hydrogen-bond donors (Lipinski definition) is 0.